The highest BCUT2D eigenvalue weighted by Crippen LogP contribution is 2.16. The molecule has 0 aromatic carbocycles. The quantitative estimate of drug-likeness (QED) is 0.700. The number of ether oxygens (including phenoxy) is 1. The van der Waals surface area contributed by atoms with Gasteiger partial charge in [-0.3, -0.25) is 0 Å². The van der Waals surface area contributed by atoms with E-state index >= 15 is 0 Å². The summed E-state index contributed by atoms with van der Waals surface area (Å²) in [5, 5.41) is 4.14. The van der Waals surface area contributed by atoms with Gasteiger partial charge in [-0.2, -0.15) is 14.6 Å². The molecule has 2 aromatic heterocycles. The normalized spacial score (nSPS) is 16.9. The molecule has 7 nitrogen and oxygen atoms in total. The summed E-state index contributed by atoms with van der Waals surface area (Å²) in [6.07, 6.45) is 1.50. The fraction of sp³-hybridized carbons (Fsp3) is 0.444. The van der Waals surface area contributed by atoms with Crippen molar-refractivity contribution in [3.05, 3.63) is 12.4 Å². The largest absolute Gasteiger partial charge is 0.383 e. The van der Waals surface area contributed by atoms with E-state index in [0.717, 1.165) is 19.0 Å². The average molecular weight is 220 g/mol. The number of hydrogen-bond acceptors (Lipinski definition) is 6. The molecule has 3 heterocycles. The first-order valence-electron chi connectivity index (χ1n) is 5.13. The second-order valence-electron chi connectivity index (χ2n) is 3.61. The number of fused-ring (bicyclic) bond motifs is 1. The van der Waals surface area contributed by atoms with Crippen LogP contribution >= 0.6 is 0 Å². The first kappa shape index (κ1) is 9.34. The summed E-state index contributed by atoms with van der Waals surface area (Å²) in [5.41, 5.74) is 6.46. The minimum Gasteiger partial charge on any atom is -0.383 e. The summed E-state index contributed by atoms with van der Waals surface area (Å²) in [5.74, 6) is 1.19. The fourth-order valence-corrected chi connectivity index (χ4v) is 1.80. The molecule has 0 unspecified atom stereocenters. The standard InChI is InChI=1S/C9H12N6O/c10-7-5-8-11-6-12-15(8)9(13-7)14-1-3-16-4-2-14/h5-6H,1-4,10H2. The minimum absolute atomic E-state index is 0.460. The topological polar surface area (TPSA) is 81.6 Å². The number of nitrogen functional groups attached to an aromatic ring is 1. The van der Waals surface area contributed by atoms with E-state index in [1.54, 1.807) is 10.6 Å². The summed E-state index contributed by atoms with van der Waals surface area (Å²) in [6.45, 7) is 3.00. The molecule has 7 heteroatoms. The SMILES string of the molecule is Nc1cc2ncnn2c(N2CCOCC2)n1. The van der Waals surface area contributed by atoms with Crippen LogP contribution in [0.3, 0.4) is 0 Å². The molecule has 0 aliphatic carbocycles. The molecule has 0 spiro atoms. The van der Waals surface area contributed by atoms with E-state index in [2.05, 4.69) is 20.0 Å². The first-order chi connectivity index (χ1) is 7.84. The third kappa shape index (κ3) is 1.45. The van der Waals surface area contributed by atoms with Crippen LogP contribution in [0.15, 0.2) is 12.4 Å². The Morgan fingerprint density at radius 2 is 2.12 bits per heavy atom. The maximum atomic E-state index is 5.74. The Morgan fingerprint density at radius 1 is 1.31 bits per heavy atom. The number of nitrogens with two attached hydrogens (primary N) is 1. The summed E-state index contributed by atoms with van der Waals surface area (Å²) < 4.78 is 7.00. The van der Waals surface area contributed by atoms with Gasteiger partial charge in [0.1, 0.15) is 12.1 Å². The van der Waals surface area contributed by atoms with E-state index in [-0.39, 0.29) is 0 Å². The zero-order valence-electron chi connectivity index (χ0n) is 8.70. The molecular weight excluding hydrogens is 208 g/mol. The van der Waals surface area contributed by atoms with E-state index in [4.69, 9.17) is 10.5 Å². The van der Waals surface area contributed by atoms with E-state index < -0.39 is 0 Å². The van der Waals surface area contributed by atoms with Gasteiger partial charge in [0.25, 0.3) is 0 Å². The first-order valence-corrected chi connectivity index (χ1v) is 5.13. The van der Waals surface area contributed by atoms with Crippen molar-refractivity contribution in [3.8, 4) is 0 Å². The molecule has 0 amide bonds. The van der Waals surface area contributed by atoms with Gasteiger partial charge in [0, 0.05) is 19.2 Å². The molecule has 1 fully saturated rings. The Hall–Kier alpha value is -1.89. The number of rotatable bonds is 1. The Labute approximate surface area is 91.8 Å². The molecule has 84 valence electrons. The molecule has 2 aromatic rings. The van der Waals surface area contributed by atoms with Crippen molar-refractivity contribution < 1.29 is 4.74 Å². The van der Waals surface area contributed by atoms with Gasteiger partial charge >= 0.3 is 0 Å². The average Bonchev–Trinajstić information content (AvgIpc) is 2.77. The molecule has 0 atom stereocenters. The van der Waals surface area contributed by atoms with Crippen LogP contribution in [0.1, 0.15) is 0 Å². The number of aromatic nitrogens is 4. The van der Waals surface area contributed by atoms with Crippen molar-refractivity contribution in [2.24, 2.45) is 0 Å². The fourth-order valence-electron chi connectivity index (χ4n) is 1.80. The highest BCUT2D eigenvalue weighted by Gasteiger charge is 2.16. The summed E-state index contributed by atoms with van der Waals surface area (Å²) >= 11 is 0. The predicted molar refractivity (Wildman–Crippen MR) is 58.2 cm³/mol. The van der Waals surface area contributed by atoms with Crippen molar-refractivity contribution in [1.82, 2.24) is 19.6 Å². The van der Waals surface area contributed by atoms with Gasteiger partial charge in [-0.15, -0.1) is 0 Å². The maximum Gasteiger partial charge on any atom is 0.230 e. The van der Waals surface area contributed by atoms with Gasteiger partial charge in [-0.25, -0.2) is 4.98 Å². The minimum atomic E-state index is 0.460. The molecule has 0 saturated carbocycles. The predicted octanol–water partition coefficient (Wildman–Crippen LogP) is -0.457. The van der Waals surface area contributed by atoms with Crippen LogP contribution in [0.5, 0.6) is 0 Å². The van der Waals surface area contributed by atoms with Gasteiger partial charge in [0.15, 0.2) is 5.65 Å². The highest BCUT2D eigenvalue weighted by molar-refractivity contribution is 5.53. The zero-order valence-corrected chi connectivity index (χ0v) is 8.70. The lowest BCUT2D eigenvalue weighted by molar-refractivity contribution is 0.122. The second kappa shape index (κ2) is 3.60. The number of morpholine rings is 1. The van der Waals surface area contributed by atoms with Crippen molar-refractivity contribution in [2.45, 2.75) is 0 Å². The van der Waals surface area contributed by atoms with Crippen LogP contribution in [0.4, 0.5) is 11.8 Å². The van der Waals surface area contributed by atoms with Crippen molar-refractivity contribution in [2.75, 3.05) is 36.9 Å². The van der Waals surface area contributed by atoms with Crippen LogP contribution in [0, 0.1) is 0 Å². The van der Waals surface area contributed by atoms with Gasteiger partial charge < -0.3 is 15.4 Å². The van der Waals surface area contributed by atoms with Gasteiger partial charge in [0.2, 0.25) is 5.95 Å². The second-order valence-corrected chi connectivity index (χ2v) is 3.61. The third-order valence-electron chi connectivity index (χ3n) is 2.56. The van der Waals surface area contributed by atoms with E-state index in [0.29, 0.717) is 24.7 Å². The zero-order chi connectivity index (χ0) is 11.0. The lowest BCUT2D eigenvalue weighted by atomic mass is 10.4. The molecular formula is C9H12N6O. The van der Waals surface area contributed by atoms with Crippen LogP contribution in [-0.4, -0.2) is 45.9 Å². The van der Waals surface area contributed by atoms with E-state index in [1.165, 1.54) is 6.33 Å². The third-order valence-corrected chi connectivity index (χ3v) is 2.56. The lowest BCUT2D eigenvalue weighted by Crippen LogP contribution is -2.38. The van der Waals surface area contributed by atoms with Crippen molar-refractivity contribution in [3.63, 3.8) is 0 Å². The van der Waals surface area contributed by atoms with Crippen LogP contribution < -0.4 is 10.6 Å². The molecule has 2 N–H and O–H groups in total. The monoisotopic (exact) mass is 220 g/mol. The lowest BCUT2D eigenvalue weighted by Gasteiger charge is -2.27. The summed E-state index contributed by atoms with van der Waals surface area (Å²) in [7, 11) is 0. The molecule has 0 bridgehead atoms. The van der Waals surface area contributed by atoms with Gasteiger partial charge in [-0.05, 0) is 0 Å². The molecule has 1 aliphatic heterocycles. The van der Waals surface area contributed by atoms with Crippen LogP contribution in [0.25, 0.3) is 5.65 Å². The highest BCUT2D eigenvalue weighted by atomic mass is 16.5. The van der Waals surface area contributed by atoms with Crippen LogP contribution in [-0.2, 0) is 4.74 Å². The van der Waals surface area contributed by atoms with Crippen LogP contribution in [0.2, 0.25) is 0 Å². The smallest absolute Gasteiger partial charge is 0.230 e. The number of hydrogen-bond donors (Lipinski definition) is 1. The Kier molecular flexibility index (Phi) is 2.10. The molecule has 1 saturated heterocycles. The number of nitrogens with zero attached hydrogens (tertiary/aromatic N) is 5. The molecule has 3 rings (SSSR count). The van der Waals surface area contributed by atoms with Gasteiger partial charge in [0.05, 0.1) is 13.2 Å². The molecule has 1 aliphatic rings. The van der Waals surface area contributed by atoms with E-state index in [9.17, 15) is 0 Å². The molecule has 16 heavy (non-hydrogen) atoms. The summed E-state index contributed by atoms with van der Waals surface area (Å²) in [6, 6.07) is 1.71. The van der Waals surface area contributed by atoms with E-state index in [1.807, 2.05) is 0 Å². The Balaban J connectivity index is 2.09. The van der Waals surface area contributed by atoms with Gasteiger partial charge in [-0.1, -0.05) is 0 Å². The maximum absolute atomic E-state index is 5.74. The Bertz CT molecular complexity index is 504. The molecule has 0 radical (unpaired) electrons. The Morgan fingerprint density at radius 3 is 2.94 bits per heavy atom. The summed E-state index contributed by atoms with van der Waals surface area (Å²) in [4.78, 5) is 10.5. The van der Waals surface area contributed by atoms with Crippen molar-refractivity contribution >= 4 is 17.4 Å². The number of anilines is 2. The van der Waals surface area contributed by atoms with Crippen molar-refractivity contribution in [1.29, 1.82) is 0 Å².